The number of halogens is 1. The summed E-state index contributed by atoms with van der Waals surface area (Å²) in [5.74, 6) is -0.804. The van der Waals surface area contributed by atoms with Crippen molar-refractivity contribution in [2.24, 2.45) is 5.41 Å². The standard InChI is InChI=1S/C34H24ClNO4/c1-40-24-17-12-21(13-18-24)29-30(31(37)22-10-15-23(35)16-11-22)36-27-9-5-2-6-20(27)14-19-28(36)34(29)32(38)25-7-3-4-8-26(25)33(34)39/h2-19,28-30H,1H3. The number of hydrogen-bond donors (Lipinski definition) is 0. The van der Waals surface area contributed by atoms with Crippen LogP contribution in [0.5, 0.6) is 5.75 Å². The molecule has 7 rings (SSSR count). The molecule has 5 nitrogen and oxygen atoms in total. The molecule has 2 aliphatic heterocycles. The Hall–Kier alpha value is -4.48. The number of fused-ring (bicyclic) bond motifs is 5. The zero-order valence-electron chi connectivity index (χ0n) is 21.6. The number of Topliss-reactive ketones (excluding diaryl/α,β-unsaturated/α-hetero) is 3. The zero-order chi connectivity index (χ0) is 27.6. The summed E-state index contributed by atoms with van der Waals surface area (Å²) >= 11 is 6.16. The molecule has 4 aromatic rings. The number of rotatable bonds is 4. The Morgan fingerprint density at radius 3 is 2.10 bits per heavy atom. The van der Waals surface area contributed by atoms with Crippen molar-refractivity contribution in [2.75, 3.05) is 12.0 Å². The second-order valence-corrected chi connectivity index (χ2v) is 10.8. The van der Waals surface area contributed by atoms with Gasteiger partial charge in [-0.05, 0) is 53.6 Å². The minimum atomic E-state index is -1.53. The minimum Gasteiger partial charge on any atom is -0.497 e. The van der Waals surface area contributed by atoms with Crippen molar-refractivity contribution in [3.05, 3.63) is 136 Å². The Kier molecular flexibility index (Phi) is 5.55. The summed E-state index contributed by atoms with van der Waals surface area (Å²) in [7, 11) is 1.58. The maximum Gasteiger partial charge on any atom is 0.185 e. The topological polar surface area (TPSA) is 63.7 Å². The van der Waals surface area contributed by atoms with E-state index in [-0.39, 0.29) is 17.3 Å². The van der Waals surface area contributed by atoms with Crippen molar-refractivity contribution in [2.45, 2.75) is 18.0 Å². The van der Waals surface area contributed by atoms with Crippen molar-refractivity contribution in [1.82, 2.24) is 0 Å². The molecule has 3 aliphatic rings. The van der Waals surface area contributed by atoms with Gasteiger partial charge in [-0.25, -0.2) is 0 Å². The molecular formula is C34H24ClNO4. The van der Waals surface area contributed by atoms with Crippen LogP contribution < -0.4 is 9.64 Å². The Bertz CT molecular complexity index is 1690. The second-order valence-electron chi connectivity index (χ2n) is 10.4. The molecule has 6 heteroatoms. The van der Waals surface area contributed by atoms with Gasteiger partial charge in [0.05, 0.1) is 13.2 Å². The maximum absolute atomic E-state index is 14.6. The summed E-state index contributed by atoms with van der Waals surface area (Å²) in [6.45, 7) is 0. The lowest BCUT2D eigenvalue weighted by Gasteiger charge is -2.37. The van der Waals surface area contributed by atoms with E-state index in [0.717, 1.165) is 16.8 Å². The third-order valence-electron chi connectivity index (χ3n) is 8.59. The van der Waals surface area contributed by atoms with E-state index in [1.165, 1.54) is 0 Å². The van der Waals surface area contributed by atoms with Crippen molar-refractivity contribution in [3.63, 3.8) is 0 Å². The highest BCUT2D eigenvalue weighted by Gasteiger charge is 2.71. The highest BCUT2D eigenvalue weighted by molar-refractivity contribution is 6.32. The van der Waals surface area contributed by atoms with Gasteiger partial charge in [0.15, 0.2) is 17.3 Å². The largest absolute Gasteiger partial charge is 0.497 e. The average Bonchev–Trinajstić information content (AvgIpc) is 3.43. The van der Waals surface area contributed by atoms with Gasteiger partial charge in [-0.3, -0.25) is 14.4 Å². The second kappa shape index (κ2) is 9.04. The van der Waals surface area contributed by atoms with Crippen LogP contribution in [0.15, 0.2) is 103 Å². The molecule has 0 amide bonds. The lowest BCUT2D eigenvalue weighted by molar-refractivity contribution is 0.0666. The molecule has 0 N–H and O–H groups in total. The fraction of sp³-hybridized carbons (Fsp3) is 0.147. The Morgan fingerprint density at radius 1 is 0.825 bits per heavy atom. The Labute approximate surface area is 236 Å². The van der Waals surface area contributed by atoms with E-state index in [4.69, 9.17) is 16.3 Å². The van der Waals surface area contributed by atoms with Crippen LogP contribution in [0.25, 0.3) is 6.08 Å². The molecule has 1 saturated heterocycles. The number of ether oxygens (including phenoxy) is 1. The number of hydrogen-bond acceptors (Lipinski definition) is 5. The SMILES string of the molecule is COc1ccc(C2C(C(=O)c3ccc(Cl)cc3)N3c4ccccc4C=CC3C23C(=O)c2ccccc2C3=O)cc1. The number of anilines is 1. The van der Waals surface area contributed by atoms with Crippen molar-refractivity contribution in [1.29, 1.82) is 0 Å². The number of ketones is 3. The normalized spacial score (nSPS) is 21.8. The summed E-state index contributed by atoms with van der Waals surface area (Å²) in [5.41, 5.74) is 2.20. The van der Waals surface area contributed by atoms with Crippen LogP contribution in [-0.2, 0) is 0 Å². The van der Waals surface area contributed by atoms with Gasteiger partial charge in [0, 0.05) is 33.3 Å². The lowest BCUT2D eigenvalue weighted by Crippen LogP contribution is -2.48. The smallest absolute Gasteiger partial charge is 0.185 e. The molecule has 2 heterocycles. The number of benzene rings is 4. The van der Waals surface area contributed by atoms with E-state index in [9.17, 15) is 14.4 Å². The van der Waals surface area contributed by atoms with Crippen LogP contribution in [0.1, 0.15) is 48.1 Å². The Morgan fingerprint density at radius 2 is 1.45 bits per heavy atom. The molecule has 3 unspecified atom stereocenters. The first-order valence-corrected chi connectivity index (χ1v) is 13.5. The monoisotopic (exact) mass is 545 g/mol. The molecule has 0 radical (unpaired) electrons. The van der Waals surface area contributed by atoms with Gasteiger partial charge in [0.2, 0.25) is 0 Å². The van der Waals surface area contributed by atoms with Crippen molar-refractivity contribution in [3.8, 4) is 5.75 Å². The quantitative estimate of drug-likeness (QED) is 0.212. The summed E-state index contributed by atoms with van der Waals surface area (Å²) < 4.78 is 5.40. The van der Waals surface area contributed by atoms with Crippen molar-refractivity contribution >= 4 is 40.7 Å². The van der Waals surface area contributed by atoms with Gasteiger partial charge in [0.25, 0.3) is 0 Å². The Balaban J connectivity index is 1.53. The summed E-state index contributed by atoms with van der Waals surface area (Å²) in [6.07, 6.45) is 3.89. The predicted octanol–water partition coefficient (Wildman–Crippen LogP) is 6.66. The molecule has 40 heavy (non-hydrogen) atoms. The molecule has 1 aliphatic carbocycles. The van der Waals surface area contributed by atoms with Gasteiger partial charge in [-0.2, -0.15) is 0 Å². The van der Waals surface area contributed by atoms with Crippen LogP contribution >= 0.6 is 11.6 Å². The summed E-state index contributed by atoms with van der Waals surface area (Å²) in [6, 6.07) is 27.4. The molecule has 0 saturated carbocycles. The van der Waals surface area contributed by atoms with E-state index >= 15 is 0 Å². The zero-order valence-corrected chi connectivity index (χ0v) is 22.3. The van der Waals surface area contributed by atoms with Gasteiger partial charge >= 0.3 is 0 Å². The average molecular weight is 546 g/mol. The first-order valence-electron chi connectivity index (χ1n) is 13.1. The van der Waals surface area contributed by atoms with Crippen LogP contribution in [0.2, 0.25) is 5.02 Å². The molecule has 196 valence electrons. The molecular weight excluding hydrogens is 522 g/mol. The molecule has 3 atom stereocenters. The fourth-order valence-electron chi connectivity index (χ4n) is 6.89. The van der Waals surface area contributed by atoms with E-state index in [0.29, 0.717) is 27.5 Å². The van der Waals surface area contributed by atoms with Crippen LogP contribution in [0, 0.1) is 5.41 Å². The van der Waals surface area contributed by atoms with E-state index in [1.54, 1.807) is 55.6 Å². The molecule has 0 bridgehead atoms. The number of methoxy groups -OCH3 is 1. The van der Waals surface area contributed by atoms with Gasteiger partial charge in [-0.15, -0.1) is 0 Å². The molecule has 0 aromatic heterocycles. The van der Waals surface area contributed by atoms with E-state index < -0.39 is 23.4 Å². The number of para-hydroxylation sites is 1. The summed E-state index contributed by atoms with van der Waals surface area (Å²) in [5, 5.41) is 0.520. The first kappa shape index (κ1) is 24.6. The maximum atomic E-state index is 14.6. The highest BCUT2D eigenvalue weighted by Crippen LogP contribution is 2.61. The fourth-order valence-corrected chi connectivity index (χ4v) is 7.01. The van der Waals surface area contributed by atoms with Crippen molar-refractivity contribution < 1.29 is 19.1 Å². The third-order valence-corrected chi connectivity index (χ3v) is 8.84. The van der Waals surface area contributed by atoms with Crippen LogP contribution in [0.4, 0.5) is 5.69 Å². The van der Waals surface area contributed by atoms with Crippen LogP contribution in [-0.4, -0.2) is 36.5 Å². The molecule has 4 aromatic carbocycles. The molecule has 1 fully saturated rings. The van der Waals surface area contributed by atoms with Crippen LogP contribution in [0.3, 0.4) is 0 Å². The molecule has 1 spiro atoms. The number of carbonyl (C=O) groups excluding carboxylic acids is 3. The van der Waals surface area contributed by atoms with Gasteiger partial charge < -0.3 is 9.64 Å². The van der Waals surface area contributed by atoms with E-state index in [2.05, 4.69) is 0 Å². The van der Waals surface area contributed by atoms with Gasteiger partial charge in [-0.1, -0.05) is 78.4 Å². The lowest BCUT2D eigenvalue weighted by atomic mass is 9.64. The third kappa shape index (κ3) is 3.24. The number of nitrogens with zero attached hydrogens (tertiary/aromatic N) is 1. The minimum absolute atomic E-state index is 0.180. The number of carbonyl (C=O) groups is 3. The predicted molar refractivity (Wildman–Crippen MR) is 155 cm³/mol. The highest BCUT2D eigenvalue weighted by atomic mass is 35.5. The van der Waals surface area contributed by atoms with E-state index in [1.807, 2.05) is 65.6 Å². The van der Waals surface area contributed by atoms with Gasteiger partial charge in [0.1, 0.15) is 17.2 Å². The summed E-state index contributed by atoms with van der Waals surface area (Å²) in [4.78, 5) is 45.8. The first-order chi connectivity index (χ1) is 19.5.